The molecule has 3 N–H and O–H groups in total. The van der Waals surface area contributed by atoms with Gasteiger partial charge >= 0.3 is 0 Å². The zero-order valence-corrected chi connectivity index (χ0v) is 11.9. The van der Waals surface area contributed by atoms with E-state index >= 15 is 0 Å². The van der Waals surface area contributed by atoms with E-state index in [-0.39, 0.29) is 11.3 Å². The number of hydrogen-bond donors (Lipinski definition) is 2. The molecule has 0 unspecified atom stereocenters. The van der Waals surface area contributed by atoms with Gasteiger partial charge in [-0.2, -0.15) is 0 Å². The van der Waals surface area contributed by atoms with Crippen LogP contribution in [0.4, 0.5) is 0 Å². The molecule has 5 heteroatoms. The summed E-state index contributed by atoms with van der Waals surface area (Å²) in [6, 6.07) is 0. The lowest BCUT2D eigenvalue weighted by Crippen LogP contribution is -2.52. The summed E-state index contributed by atoms with van der Waals surface area (Å²) in [4.78, 5) is 14.3. The number of nitrogens with zero attached hydrogens (tertiary/aromatic N) is 1. The third-order valence-corrected chi connectivity index (χ3v) is 4.71. The van der Waals surface area contributed by atoms with Crippen molar-refractivity contribution < 1.29 is 14.6 Å². The largest absolute Gasteiger partial charge is 0.388 e. The maximum Gasteiger partial charge on any atom is 0.229 e. The number of hydrogen-bond acceptors (Lipinski definition) is 4. The first-order valence-electron chi connectivity index (χ1n) is 7.27. The Bertz CT molecular complexity index is 321. The van der Waals surface area contributed by atoms with Gasteiger partial charge in [0.1, 0.15) is 0 Å². The summed E-state index contributed by atoms with van der Waals surface area (Å²) in [6.07, 6.45) is 5.12. The first-order valence-corrected chi connectivity index (χ1v) is 7.27. The third-order valence-electron chi connectivity index (χ3n) is 4.71. The smallest absolute Gasteiger partial charge is 0.229 e. The molecule has 0 aromatic rings. The van der Waals surface area contributed by atoms with Crippen LogP contribution in [0.5, 0.6) is 0 Å². The van der Waals surface area contributed by atoms with E-state index in [1.807, 2.05) is 0 Å². The number of nitrogens with two attached hydrogens (primary N) is 1. The second-order valence-corrected chi connectivity index (χ2v) is 6.19. The molecular formula is C14H26N2O3. The minimum atomic E-state index is -0.795. The van der Waals surface area contributed by atoms with Crippen LogP contribution >= 0.6 is 0 Å². The topological polar surface area (TPSA) is 75.8 Å². The third kappa shape index (κ3) is 3.09. The molecule has 0 bridgehead atoms. The van der Waals surface area contributed by atoms with E-state index in [4.69, 9.17) is 10.5 Å². The van der Waals surface area contributed by atoms with Crippen molar-refractivity contribution in [3.63, 3.8) is 0 Å². The van der Waals surface area contributed by atoms with Crippen LogP contribution in [0.3, 0.4) is 0 Å². The van der Waals surface area contributed by atoms with E-state index in [9.17, 15) is 9.90 Å². The minimum absolute atomic E-state index is 0.104. The van der Waals surface area contributed by atoms with Crippen LogP contribution in [0.25, 0.3) is 0 Å². The molecule has 2 fully saturated rings. The summed E-state index contributed by atoms with van der Waals surface area (Å²) in [5.41, 5.74) is 4.67. The van der Waals surface area contributed by atoms with Crippen LogP contribution in [0.1, 0.15) is 38.5 Å². The highest BCUT2D eigenvalue weighted by Gasteiger charge is 2.43. The van der Waals surface area contributed by atoms with Gasteiger partial charge < -0.3 is 20.5 Å². The molecule has 19 heavy (non-hydrogen) atoms. The summed E-state index contributed by atoms with van der Waals surface area (Å²) in [6.45, 7) is 1.94. The van der Waals surface area contributed by atoms with Crippen molar-refractivity contribution in [1.82, 2.24) is 4.90 Å². The molecule has 0 aromatic carbocycles. The Morgan fingerprint density at radius 1 is 1.26 bits per heavy atom. The zero-order chi connectivity index (χ0) is 13.9. The summed E-state index contributed by atoms with van der Waals surface area (Å²) in [5, 5.41) is 10.5. The van der Waals surface area contributed by atoms with Crippen molar-refractivity contribution in [3.05, 3.63) is 0 Å². The number of aliphatic hydroxyl groups is 1. The lowest BCUT2D eigenvalue weighted by Gasteiger charge is -2.38. The Morgan fingerprint density at radius 3 is 2.37 bits per heavy atom. The number of carbonyl (C=O) groups excluding carboxylic acids is 1. The van der Waals surface area contributed by atoms with E-state index in [0.29, 0.717) is 39.1 Å². The molecule has 0 radical (unpaired) electrons. The number of amides is 1. The lowest BCUT2D eigenvalue weighted by atomic mass is 9.84. The molecule has 1 amide bonds. The van der Waals surface area contributed by atoms with Crippen LogP contribution in [0.15, 0.2) is 0 Å². The average molecular weight is 270 g/mol. The molecule has 1 heterocycles. The van der Waals surface area contributed by atoms with E-state index in [1.54, 1.807) is 11.9 Å². The van der Waals surface area contributed by atoms with Crippen molar-refractivity contribution >= 4 is 5.91 Å². The lowest BCUT2D eigenvalue weighted by molar-refractivity contribution is -0.146. The van der Waals surface area contributed by atoms with Crippen LogP contribution in [0.2, 0.25) is 0 Å². The first-order chi connectivity index (χ1) is 9.01. The summed E-state index contributed by atoms with van der Waals surface area (Å²) < 4.78 is 5.26. The van der Waals surface area contributed by atoms with Gasteiger partial charge in [-0.15, -0.1) is 0 Å². The van der Waals surface area contributed by atoms with Gasteiger partial charge in [-0.05, 0) is 12.8 Å². The van der Waals surface area contributed by atoms with Gasteiger partial charge in [-0.25, -0.2) is 0 Å². The van der Waals surface area contributed by atoms with Crippen LogP contribution in [0, 0.1) is 5.41 Å². The maximum atomic E-state index is 12.6. The second-order valence-electron chi connectivity index (χ2n) is 6.19. The molecule has 1 saturated carbocycles. The molecule has 110 valence electrons. The Hall–Kier alpha value is -0.650. The molecule has 0 spiro atoms. The number of ether oxygens (including phenoxy) is 1. The monoisotopic (exact) mass is 270 g/mol. The van der Waals surface area contributed by atoms with Gasteiger partial charge in [-0.1, -0.05) is 12.8 Å². The fraction of sp³-hybridized carbons (Fsp3) is 0.929. The highest BCUT2D eigenvalue weighted by Crippen LogP contribution is 2.39. The normalized spacial score (nSPS) is 25.2. The minimum Gasteiger partial charge on any atom is -0.388 e. The highest BCUT2D eigenvalue weighted by atomic mass is 16.5. The van der Waals surface area contributed by atoms with Gasteiger partial charge in [-0.3, -0.25) is 4.79 Å². The van der Waals surface area contributed by atoms with Crippen molar-refractivity contribution in [1.29, 1.82) is 0 Å². The second kappa shape index (κ2) is 5.77. The quantitative estimate of drug-likeness (QED) is 0.780. The van der Waals surface area contributed by atoms with Gasteiger partial charge in [0.05, 0.1) is 11.0 Å². The fourth-order valence-electron chi connectivity index (χ4n) is 3.38. The SMILES string of the molecule is CN(CC1(O)CCOCC1)C(=O)C1(CN)CCCC1. The van der Waals surface area contributed by atoms with Crippen LogP contribution in [-0.2, 0) is 9.53 Å². The van der Waals surface area contributed by atoms with Gasteiger partial charge in [0.2, 0.25) is 5.91 Å². The fourth-order valence-corrected chi connectivity index (χ4v) is 3.38. The summed E-state index contributed by atoms with van der Waals surface area (Å²) >= 11 is 0. The predicted octanol–water partition coefficient (Wildman–Crippen LogP) is 0.505. The molecular weight excluding hydrogens is 244 g/mol. The highest BCUT2D eigenvalue weighted by molar-refractivity contribution is 5.83. The van der Waals surface area contributed by atoms with E-state index in [0.717, 1.165) is 25.7 Å². The Balaban J connectivity index is 1.98. The van der Waals surface area contributed by atoms with Gasteiger partial charge in [0.15, 0.2) is 0 Å². The van der Waals surface area contributed by atoms with Crippen molar-refractivity contribution in [2.45, 2.75) is 44.1 Å². The predicted molar refractivity (Wildman–Crippen MR) is 72.6 cm³/mol. The van der Waals surface area contributed by atoms with E-state index in [2.05, 4.69) is 0 Å². The zero-order valence-electron chi connectivity index (χ0n) is 11.9. The Morgan fingerprint density at radius 2 is 1.84 bits per heavy atom. The molecule has 2 aliphatic rings. The number of likely N-dealkylation sites (N-methyl/N-ethyl adjacent to an activating group) is 1. The molecule has 0 aromatic heterocycles. The molecule has 1 aliphatic carbocycles. The number of carbonyl (C=O) groups is 1. The molecule has 2 rings (SSSR count). The van der Waals surface area contributed by atoms with Gasteiger partial charge in [0, 0.05) is 46.2 Å². The molecule has 1 aliphatic heterocycles. The average Bonchev–Trinajstić information content (AvgIpc) is 2.88. The summed E-state index contributed by atoms with van der Waals surface area (Å²) in [7, 11) is 1.78. The molecule has 5 nitrogen and oxygen atoms in total. The van der Waals surface area contributed by atoms with Crippen molar-refractivity contribution in [3.8, 4) is 0 Å². The Labute approximate surface area is 115 Å². The van der Waals surface area contributed by atoms with E-state index in [1.165, 1.54) is 0 Å². The van der Waals surface area contributed by atoms with Crippen molar-refractivity contribution in [2.75, 3.05) is 33.4 Å². The van der Waals surface area contributed by atoms with Gasteiger partial charge in [0.25, 0.3) is 0 Å². The first kappa shape index (κ1) is 14.8. The maximum absolute atomic E-state index is 12.6. The Kier molecular flexibility index (Phi) is 4.48. The van der Waals surface area contributed by atoms with Crippen LogP contribution < -0.4 is 5.73 Å². The van der Waals surface area contributed by atoms with Crippen LogP contribution in [-0.4, -0.2) is 54.9 Å². The standard InChI is InChI=1S/C14H26N2O3/c1-16(11-14(18)6-8-19-9-7-14)12(17)13(10-15)4-2-3-5-13/h18H,2-11,15H2,1H3. The molecule has 0 atom stereocenters. The summed E-state index contributed by atoms with van der Waals surface area (Å²) in [5.74, 6) is 0.104. The van der Waals surface area contributed by atoms with Crippen molar-refractivity contribution in [2.24, 2.45) is 11.1 Å². The molecule has 1 saturated heterocycles. The number of rotatable bonds is 4. The van der Waals surface area contributed by atoms with E-state index < -0.39 is 5.60 Å².